The maximum Gasteiger partial charge on any atom is 0.328 e. The van der Waals surface area contributed by atoms with Crippen LogP contribution in [-0.2, 0) is 4.79 Å². The number of hydrogen-bond donors (Lipinski definition) is 4. The second-order valence-corrected chi connectivity index (χ2v) is 10.6. The van der Waals surface area contributed by atoms with Crippen LogP contribution >= 0.6 is 0 Å². The van der Waals surface area contributed by atoms with Crippen LogP contribution in [0, 0.1) is 34.5 Å². The first-order valence-electron chi connectivity index (χ1n) is 11.1. The monoisotopic (exact) mass is 392 g/mol. The normalized spacial score (nSPS) is 51.2. The molecule has 4 aliphatic rings. The fraction of sp³-hybridized carbons (Fsp3) is 0.870. The van der Waals surface area contributed by atoms with Crippen LogP contribution in [0.25, 0.3) is 0 Å². The average molecular weight is 393 g/mol. The molecule has 0 aromatic heterocycles. The van der Waals surface area contributed by atoms with Crippen LogP contribution < -0.4 is 0 Å². The van der Waals surface area contributed by atoms with Gasteiger partial charge in [-0.3, -0.25) is 0 Å². The fourth-order valence-electron chi connectivity index (χ4n) is 8.21. The molecule has 0 spiro atoms. The van der Waals surface area contributed by atoms with Crippen LogP contribution in [0.4, 0.5) is 0 Å². The van der Waals surface area contributed by atoms with Crippen LogP contribution in [0.2, 0.25) is 0 Å². The predicted molar refractivity (Wildman–Crippen MR) is 105 cm³/mol. The molecule has 158 valence electrons. The average Bonchev–Trinajstić information content (AvgIpc) is 2.92. The molecule has 0 bridgehead atoms. The Morgan fingerprint density at radius 2 is 1.79 bits per heavy atom. The van der Waals surface area contributed by atoms with Crippen LogP contribution in [0.15, 0.2) is 11.6 Å². The van der Waals surface area contributed by atoms with Crippen molar-refractivity contribution < 1.29 is 25.2 Å². The molecule has 0 aromatic carbocycles. The number of carbonyl (C=O) groups is 1. The largest absolute Gasteiger partial charge is 0.478 e. The van der Waals surface area contributed by atoms with Crippen molar-refractivity contribution in [1.29, 1.82) is 0 Å². The third-order valence-corrected chi connectivity index (χ3v) is 9.76. The van der Waals surface area contributed by atoms with Gasteiger partial charge < -0.3 is 20.4 Å². The van der Waals surface area contributed by atoms with E-state index in [1.54, 1.807) is 0 Å². The molecule has 4 saturated carbocycles. The van der Waals surface area contributed by atoms with Crippen LogP contribution in [0.5, 0.6) is 0 Å². The zero-order valence-electron chi connectivity index (χ0n) is 17.2. The van der Waals surface area contributed by atoms with Crippen molar-refractivity contribution in [3.8, 4) is 0 Å². The SMILES string of the molecule is C[C@]12CC[C@H](O)C[C@H]1CC[C@@H]1[C@@H]2CC[C@]2(C)[C@@H](/C(=C\C(=O)O)CO)CC[C@]12O. The number of hydrogen-bond acceptors (Lipinski definition) is 4. The molecular formula is C23H36O5. The van der Waals surface area contributed by atoms with Gasteiger partial charge in [0.25, 0.3) is 0 Å². The third-order valence-electron chi connectivity index (χ3n) is 9.76. The van der Waals surface area contributed by atoms with Crippen molar-refractivity contribution in [1.82, 2.24) is 0 Å². The van der Waals surface area contributed by atoms with Gasteiger partial charge in [-0.25, -0.2) is 4.79 Å². The number of rotatable bonds is 3. The van der Waals surface area contributed by atoms with Crippen LogP contribution in [0.3, 0.4) is 0 Å². The standard InChI is InChI=1S/C23H36O5/c1-21-8-5-16(25)12-15(21)3-4-19-18(21)6-9-22(2)17(7-10-23(19,22)28)14(13-24)11-20(26)27/h11,15-19,24-25,28H,3-10,12-13H2,1-2H3,(H,26,27)/b14-11-/t15-,16+,17-,18+,19-,21+,22-,23+/m1/s1. The number of aliphatic hydroxyl groups is 3. The van der Waals surface area contributed by atoms with E-state index in [0.29, 0.717) is 23.8 Å². The number of aliphatic carboxylic acids is 1. The predicted octanol–water partition coefficient (Wildman–Crippen LogP) is 3.12. The van der Waals surface area contributed by atoms with E-state index in [0.717, 1.165) is 57.4 Å². The molecule has 4 aliphatic carbocycles. The molecule has 0 amide bonds. The summed E-state index contributed by atoms with van der Waals surface area (Å²) < 4.78 is 0. The topological polar surface area (TPSA) is 98.0 Å². The fourth-order valence-corrected chi connectivity index (χ4v) is 8.21. The van der Waals surface area contributed by atoms with Gasteiger partial charge in [0, 0.05) is 11.5 Å². The summed E-state index contributed by atoms with van der Waals surface area (Å²) in [7, 11) is 0. The summed E-state index contributed by atoms with van der Waals surface area (Å²) in [6, 6.07) is 0. The molecule has 5 nitrogen and oxygen atoms in total. The van der Waals surface area contributed by atoms with Gasteiger partial charge in [0.2, 0.25) is 0 Å². The molecule has 0 heterocycles. The molecule has 5 heteroatoms. The van der Waals surface area contributed by atoms with Gasteiger partial charge in [-0.05, 0) is 92.4 Å². The van der Waals surface area contributed by atoms with Crippen molar-refractivity contribution in [3.05, 3.63) is 11.6 Å². The molecule has 0 saturated heterocycles. The van der Waals surface area contributed by atoms with E-state index < -0.39 is 11.6 Å². The Hall–Kier alpha value is -0.910. The Balaban J connectivity index is 1.66. The first-order chi connectivity index (χ1) is 13.2. The summed E-state index contributed by atoms with van der Waals surface area (Å²) in [5.74, 6) is 0.153. The molecule has 0 aromatic rings. The van der Waals surface area contributed by atoms with Crippen molar-refractivity contribution in [3.63, 3.8) is 0 Å². The third kappa shape index (κ3) is 2.73. The van der Waals surface area contributed by atoms with E-state index in [1.807, 2.05) is 0 Å². The summed E-state index contributed by atoms with van der Waals surface area (Å²) in [6.07, 6.45) is 9.21. The summed E-state index contributed by atoms with van der Waals surface area (Å²) in [6.45, 7) is 4.27. The van der Waals surface area contributed by atoms with Crippen LogP contribution in [-0.4, -0.2) is 44.7 Å². The highest BCUT2D eigenvalue weighted by molar-refractivity contribution is 5.80. The molecule has 0 aliphatic heterocycles. The summed E-state index contributed by atoms with van der Waals surface area (Å²) >= 11 is 0. The van der Waals surface area contributed by atoms with Crippen molar-refractivity contribution in [2.75, 3.05) is 6.61 Å². The molecule has 4 rings (SSSR count). The first-order valence-corrected chi connectivity index (χ1v) is 11.1. The number of carboxylic acid groups (broad SMARTS) is 1. The zero-order valence-corrected chi connectivity index (χ0v) is 17.2. The highest BCUT2D eigenvalue weighted by Gasteiger charge is 2.67. The first kappa shape index (κ1) is 20.4. The minimum Gasteiger partial charge on any atom is -0.478 e. The highest BCUT2D eigenvalue weighted by atomic mass is 16.4. The maximum absolute atomic E-state index is 12.1. The molecule has 4 N–H and O–H groups in total. The van der Waals surface area contributed by atoms with E-state index in [-0.39, 0.29) is 35.4 Å². The van der Waals surface area contributed by atoms with Gasteiger partial charge in [0.15, 0.2) is 0 Å². The molecule has 8 atom stereocenters. The quantitative estimate of drug-likeness (QED) is 0.553. The maximum atomic E-state index is 12.1. The molecule has 0 unspecified atom stereocenters. The van der Waals surface area contributed by atoms with E-state index in [1.165, 1.54) is 0 Å². The van der Waals surface area contributed by atoms with Gasteiger partial charge in [0.1, 0.15) is 0 Å². The number of fused-ring (bicyclic) bond motifs is 5. The van der Waals surface area contributed by atoms with Crippen molar-refractivity contribution in [2.24, 2.45) is 34.5 Å². The lowest BCUT2D eigenvalue weighted by atomic mass is 9.43. The van der Waals surface area contributed by atoms with Crippen LogP contribution in [0.1, 0.15) is 71.6 Å². The summed E-state index contributed by atoms with van der Waals surface area (Å²) in [5.41, 5.74) is -0.425. The van der Waals surface area contributed by atoms with Gasteiger partial charge >= 0.3 is 5.97 Å². The number of aliphatic hydroxyl groups excluding tert-OH is 2. The Morgan fingerprint density at radius 1 is 1.04 bits per heavy atom. The summed E-state index contributed by atoms with van der Waals surface area (Å²) in [4.78, 5) is 11.3. The Labute approximate surface area is 167 Å². The second kappa shape index (κ2) is 6.82. The Morgan fingerprint density at radius 3 is 2.46 bits per heavy atom. The molecular weight excluding hydrogens is 356 g/mol. The summed E-state index contributed by atoms with van der Waals surface area (Å²) in [5, 5.41) is 41.3. The van der Waals surface area contributed by atoms with Gasteiger partial charge in [-0.2, -0.15) is 0 Å². The minimum absolute atomic E-state index is 0.0711. The van der Waals surface area contributed by atoms with E-state index >= 15 is 0 Å². The smallest absolute Gasteiger partial charge is 0.328 e. The highest BCUT2D eigenvalue weighted by Crippen LogP contribution is 2.69. The molecule has 0 radical (unpaired) electrons. The molecule has 4 fully saturated rings. The zero-order chi connectivity index (χ0) is 20.3. The van der Waals surface area contributed by atoms with Crippen molar-refractivity contribution in [2.45, 2.75) is 83.3 Å². The van der Waals surface area contributed by atoms with E-state index in [4.69, 9.17) is 0 Å². The molecule has 28 heavy (non-hydrogen) atoms. The van der Waals surface area contributed by atoms with Crippen molar-refractivity contribution >= 4 is 5.97 Å². The lowest BCUT2D eigenvalue weighted by Crippen LogP contribution is -2.62. The van der Waals surface area contributed by atoms with Gasteiger partial charge in [-0.1, -0.05) is 13.8 Å². The lowest BCUT2D eigenvalue weighted by molar-refractivity contribution is -0.208. The Bertz CT molecular complexity index is 674. The Kier molecular flexibility index (Phi) is 4.96. The van der Waals surface area contributed by atoms with Gasteiger partial charge in [0.05, 0.1) is 18.3 Å². The number of carboxylic acids is 1. The lowest BCUT2D eigenvalue weighted by Gasteiger charge is -2.63. The van der Waals surface area contributed by atoms with Gasteiger partial charge in [-0.15, -0.1) is 0 Å². The minimum atomic E-state index is -1.02. The van der Waals surface area contributed by atoms with E-state index in [2.05, 4.69) is 13.8 Å². The van der Waals surface area contributed by atoms with E-state index in [9.17, 15) is 25.2 Å². The second-order valence-electron chi connectivity index (χ2n) is 10.6.